The van der Waals surface area contributed by atoms with Gasteiger partial charge in [-0.15, -0.1) is 0 Å². The second kappa shape index (κ2) is 6.98. The molecule has 1 saturated heterocycles. The first-order chi connectivity index (χ1) is 9.26. The number of hydrogen-bond donors (Lipinski definition) is 1. The van der Waals surface area contributed by atoms with Crippen LogP contribution in [0.3, 0.4) is 0 Å². The van der Waals surface area contributed by atoms with Crippen LogP contribution in [0.25, 0.3) is 0 Å². The third-order valence-electron chi connectivity index (χ3n) is 3.28. The first-order valence-corrected chi connectivity index (χ1v) is 6.85. The Morgan fingerprint density at radius 2 is 2.21 bits per heavy atom. The van der Waals surface area contributed by atoms with Gasteiger partial charge in [0.2, 0.25) is 0 Å². The summed E-state index contributed by atoms with van der Waals surface area (Å²) in [5, 5.41) is 3.97. The molecule has 1 fully saturated rings. The van der Waals surface area contributed by atoms with Crippen LogP contribution < -0.4 is 14.8 Å². The van der Waals surface area contributed by atoms with Crippen LogP contribution in [0.4, 0.5) is 0 Å². The van der Waals surface area contributed by atoms with Crippen molar-refractivity contribution in [3.05, 3.63) is 22.7 Å². The van der Waals surface area contributed by atoms with Crippen LogP contribution in [0.5, 0.6) is 11.5 Å². The summed E-state index contributed by atoms with van der Waals surface area (Å²) in [6.45, 7) is 2.42. The lowest BCUT2D eigenvalue weighted by Gasteiger charge is -2.14. The molecular formula is C14H20ClNO3. The molecule has 0 aromatic heterocycles. The maximum Gasteiger partial charge on any atom is 0.179 e. The van der Waals surface area contributed by atoms with Gasteiger partial charge in [0.25, 0.3) is 0 Å². The molecule has 0 amide bonds. The van der Waals surface area contributed by atoms with E-state index in [1.165, 1.54) is 0 Å². The zero-order valence-electron chi connectivity index (χ0n) is 11.4. The Hall–Kier alpha value is -0.970. The highest BCUT2D eigenvalue weighted by Crippen LogP contribution is 2.37. The van der Waals surface area contributed by atoms with Gasteiger partial charge in [-0.1, -0.05) is 17.7 Å². The molecule has 106 valence electrons. The van der Waals surface area contributed by atoms with Crippen molar-refractivity contribution in [2.45, 2.75) is 25.5 Å². The second-order valence-corrected chi connectivity index (χ2v) is 4.92. The van der Waals surface area contributed by atoms with Gasteiger partial charge in [0, 0.05) is 19.7 Å². The maximum absolute atomic E-state index is 6.31. The lowest BCUT2D eigenvalue weighted by Crippen LogP contribution is -2.25. The van der Waals surface area contributed by atoms with Crippen molar-refractivity contribution in [1.29, 1.82) is 0 Å². The lowest BCUT2D eigenvalue weighted by atomic mass is 10.2. The molecule has 1 aliphatic rings. The zero-order valence-corrected chi connectivity index (χ0v) is 12.1. The fraction of sp³-hybridized carbons (Fsp3) is 0.571. The summed E-state index contributed by atoms with van der Waals surface area (Å²) in [6.07, 6.45) is 2.62. The van der Waals surface area contributed by atoms with Crippen LogP contribution in [0.2, 0.25) is 5.02 Å². The minimum Gasteiger partial charge on any atom is -0.493 e. The molecule has 0 unspecified atom stereocenters. The molecule has 1 atom stereocenters. The average molecular weight is 286 g/mol. The molecule has 2 rings (SSSR count). The molecular weight excluding hydrogens is 266 g/mol. The molecule has 1 heterocycles. The Balaban J connectivity index is 1.95. The van der Waals surface area contributed by atoms with Crippen molar-refractivity contribution in [2.24, 2.45) is 0 Å². The highest BCUT2D eigenvalue weighted by atomic mass is 35.5. The van der Waals surface area contributed by atoms with E-state index >= 15 is 0 Å². The van der Waals surface area contributed by atoms with Gasteiger partial charge >= 0.3 is 0 Å². The first kappa shape index (κ1) is 14.4. The Morgan fingerprint density at radius 3 is 2.84 bits per heavy atom. The van der Waals surface area contributed by atoms with Crippen LogP contribution in [0.15, 0.2) is 12.1 Å². The van der Waals surface area contributed by atoms with Gasteiger partial charge in [0.15, 0.2) is 11.5 Å². The molecule has 1 aromatic carbocycles. The highest BCUT2D eigenvalue weighted by molar-refractivity contribution is 6.33. The third kappa shape index (κ3) is 3.53. The first-order valence-electron chi connectivity index (χ1n) is 6.48. The van der Waals surface area contributed by atoms with Crippen LogP contribution >= 0.6 is 11.6 Å². The molecule has 0 spiro atoms. The number of hydrogen-bond acceptors (Lipinski definition) is 4. The third-order valence-corrected chi connectivity index (χ3v) is 3.69. The van der Waals surface area contributed by atoms with Crippen molar-refractivity contribution in [3.8, 4) is 11.5 Å². The smallest absolute Gasteiger partial charge is 0.179 e. The van der Waals surface area contributed by atoms with Gasteiger partial charge in [-0.3, -0.25) is 0 Å². The van der Waals surface area contributed by atoms with E-state index in [0.29, 0.717) is 29.2 Å². The largest absolute Gasteiger partial charge is 0.493 e. The summed E-state index contributed by atoms with van der Waals surface area (Å²) in [6, 6.07) is 3.82. The average Bonchev–Trinajstić information content (AvgIpc) is 2.93. The van der Waals surface area contributed by atoms with Gasteiger partial charge in [-0.25, -0.2) is 0 Å². The summed E-state index contributed by atoms with van der Waals surface area (Å²) in [7, 11) is 3.19. The summed E-state index contributed by atoms with van der Waals surface area (Å²) >= 11 is 6.31. The molecule has 0 saturated carbocycles. The van der Waals surface area contributed by atoms with E-state index in [2.05, 4.69) is 5.32 Å². The van der Waals surface area contributed by atoms with Crippen molar-refractivity contribution < 1.29 is 14.2 Å². The minimum absolute atomic E-state index is 0.332. The molecule has 4 nitrogen and oxygen atoms in total. The van der Waals surface area contributed by atoms with Gasteiger partial charge in [-0.05, 0) is 24.5 Å². The molecule has 1 N–H and O–H groups in total. The fourth-order valence-corrected chi connectivity index (χ4v) is 2.54. The number of halogens is 1. The van der Waals surface area contributed by atoms with Gasteiger partial charge in [0.05, 0.1) is 25.3 Å². The highest BCUT2D eigenvalue weighted by Gasteiger charge is 2.16. The molecule has 1 aromatic rings. The van der Waals surface area contributed by atoms with E-state index in [1.54, 1.807) is 14.2 Å². The number of ether oxygens (including phenoxy) is 3. The predicted octanol–water partition coefficient (Wildman–Crippen LogP) is 2.63. The van der Waals surface area contributed by atoms with E-state index in [-0.39, 0.29) is 0 Å². The van der Waals surface area contributed by atoms with Crippen molar-refractivity contribution in [2.75, 3.05) is 27.4 Å². The Kier molecular flexibility index (Phi) is 5.31. The molecule has 0 aliphatic carbocycles. The van der Waals surface area contributed by atoms with Gasteiger partial charge in [0.1, 0.15) is 0 Å². The predicted molar refractivity (Wildman–Crippen MR) is 75.2 cm³/mol. The van der Waals surface area contributed by atoms with Gasteiger partial charge < -0.3 is 19.5 Å². The summed E-state index contributed by atoms with van der Waals surface area (Å²) in [5.74, 6) is 1.23. The summed E-state index contributed by atoms with van der Waals surface area (Å²) < 4.78 is 16.0. The summed E-state index contributed by atoms with van der Waals surface area (Å²) in [5.41, 5.74) is 0.998. The van der Waals surface area contributed by atoms with E-state index in [9.17, 15) is 0 Å². The molecule has 0 bridgehead atoms. The van der Waals surface area contributed by atoms with Crippen LogP contribution in [0.1, 0.15) is 18.4 Å². The van der Waals surface area contributed by atoms with E-state index < -0.39 is 0 Å². The standard InChI is InChI=1S/C14H20ClNO3/c1-17-12-6-5-10(13(15)14(12)18-2)8-16-9-11-4-3-7-19-11/h5-6,11,16H,3-4,7-9H2,1-2H3/t11-/m1/s1. The molecule has 19 heavy (non-hydrogen) atoms. The number of methoxy groups -OCH3 is 2. The van der Waals surface area contributed by atoms with Gasteiger partial charge in [-0.2, -0.15) is 0 Å². The molecule has 5 heteroatoms. The molecule has 1 aliphatic heterocycles. The monoisotopic (exact) mass is 285 g/mol. The second-order valence-electron chi connectivity index (χ2n) is 4.54. The van der Waals surface area contributed by atoms with Crippen molar-refractivity contribution in [3.63, 3.8) is 0 Å². The minimum atomic E-state index is 0.332. The van der Waals surface area contributed by atoms with Crippen LogP contribution in [-0.4, -0.2) is 33.5 Å². The fourth-order valence-electron chi connectivity index (χ4n) is 2.24. The Morgan fingerprint density at radius 1 is 1.37 bits per heavy atom. The number of rotatable bonds is 6. The molecule has 0 radical (unpaired) electrons. The van der Waals surface area contributed by atoms with Crippen molar-refractivity contribution in [1.82, 2.24) is 5.32 Å². The zero-order chi connectivity index (χ0) is 13.7. The number of benzene rings is 1. The summed E-state index contributed by atoms with van der Waals surface area (Å²) in [4.78, 5) is 0. The van der Waals surface area contributed by atoms with Crippen molar-refractivity contribution >= 4 is 11.6 Å². The topological polar surface area (TPSA) is 39.7 Å². The maximum atomic E-state index is 6.31. The number of nitrogens with one attached hydrogen (secondary N) is 1. The SMILES string of the molecule is COc1ccc(CNC[C@H]2CCCO2)c(Cl)c1OC. The van der Waals surface area contributed by atoms with Crippen LogP contribution in [-0.2, 0) is 11.3 Å². The quantitative estimate of drug-likeness (QED) is 0.872. The Bertz CT molecular complexity index is 419. The van der Waals surface area contributed by atoms with E-state index in [1.807, 2.05) is 12.1 Å². The van der Waals surface area contributed by atoms with Crippen LogP contribution in [0, 0.1) is 0 Å². The van der Waals surface area contributed by atoms with E-state index in [4.69, 9.17) is 25.8 Å². The lowest BCUT2D eigenvalue weighted by molar-refractivity contribution is 0.110. The van der Waals surface area contributed by atoms with E-state index in [0.717, 1.165) is 31.6 Å². The normalized spacial score (nSPS) is 18.6. The Labute approximate surface area is 119 Å².